The van der Waals surface area contributed by atoms with Crippen molar-refractivity contribution in [1.82, 2.24) is 5.32 Å². The van der Waals surface area contributed by atoms with Gasteiger partial charge in [-0.2, -0.15) is 0 Å². The first-order valence-corrected chi connectivity index (χ1v) is 6.62. The standard InChI is InChI=1S/C14H19FN2O2/c15-10-6-7-12(16)13(8-10)19-9-14(18)17-11-4-2-1-3-5-11/h6-8,11H,1-5,9,16H2,(H,17,18). The van der Waals surface area contributed by atoms with Gasteiger partial charge in [0.1, 0.15) is 11.6 Å². The Labute approximate surface area is 112 Å². The van der Waals surface area contributed by atoms with Gasteiger partial charge in [-0.1, -0.05) is 19.3 Å². The Morgan fingerprint density at radius 1 is 1.37 bits per heavy atom. The molecule has 1 aliphatic rings. The van der Waals surface area contributed by atoms with Crippen molar-refractivity contribution in [1.29, 1.82) is 0 Å². The molecule has 4 nitrogen and oxygen atoms in total. The Balaban J connectivity index is 1.81. The minimum atomic E-state index is -0.433. The van der Waals surface area contributed by atoms with Crippen molar-refractivity contribution >= 4 is 11.6 Å². The van der Waals surface area contributed by atoms with E-state index in [9.17, 15) is 9.18 Å². The van der Waals surface area contributed by atoms with Crippen molar-refractivity contribution in [3.8, 4) is 5.75 Å². The number of nitrogens with two attached hydrogens (primary N) is 1. The highest BCUT2D eigenvalue weighted by atomic mass is 19.1. The summed E-state index contributed by atoms with van der Waals surface area (Å²) >= 11 is 0. The third-order valence-electron chi connectivity index (χ3n) is 3.30. The van der Waals surface area contributed by atoms with Crippen molar-refractivity contribution in [2.24, 2.45) is 0 Å². The Bertz CT molecular complexity index is 445. The number of nitrogens with one attached hydrogen (secondary N) is 1. The molecular formula is C14H19FN2O2. The van der Waals surface area contributed by atoms with Crippen LogP contribution in [0, 0.1) is 5.82 Å². The summed E-state index contributed by atoms with van der Waals surface area (Å²) in [6.45, 7) is -0.135. The second-order valence-electron chi connectivity index (χ2n) is 4.87. The molecule has 1 aliphatic carbocycles. The molecule has 0 aliphatic heterocycles. The Morgan fingerprint density at radius 3 is 2.84 bits per heavy atom. The number of amides is 1. The van der Waals surface area contributed by atoms with E-state index >= 15 is 0 Å². The molecule has 0 unspecified atom stereocenters. The van der Waals surface area contributed by atoms with E-state index in [4.69, 9.17) is 10.5 Å². The zero-order valence-corrected chi connectivity index (χ0v) is 10.8. The van der Waals surface area contributed by atoms with Crippen LogP contribution in [0.4, 0.5) is 10.1 Å². The predicted molar refractivity (Wildman–Crippen MR) is 71.3 cm³/mol. The molecule has 19 heavy (non-hydrogen) atoms. The lowest BCUT2D eigenvalue weighted by Gasteiger charge is -2.22. The van der Waals surface area contributed by atoms with E-state index in [0.29, 0.717) is 5.69 Å². The highest BCUT2D eigenvalue weighted by Crippen LogP contribution is 2.22. The maximum Gasteiger partial charge on any atom is 0.258 e. The number of carbonyl (C=O) groups is 1. The molecule has 1 aromatic carbocycles. The average Bonchev–Trinajstić information content (AvgIpc) is 2.41. The summed E-state index contributed by atoms with van der Waals surface area (Å²) in [5, 5.41) is 2.92. The average molecular weight is 266 g/mol. The van der Waals surface area contributed by atoms with Crippen LogP contribution in [0.1, 0.15) is 32.1 Å². The van der Waals surface area contributed by atoms with Gasteiger partial charge in [0.15, 0.2) is 6.61 Å². The van der Waals surface area contributed by atoms with Gasteiger partial charge in [-0.3, -0.25) is 4.79 Å². The van der Waals surface area contributed by atoms with Gasteiger partial charge in [-0.15, -0.1) is 0 Å². The lowest BCUT2D eigenvalue weighted by atomic mass is 9.95. The van der Waals surface area contributed by atoms with E-state index in [-0.39, 0.29) is 24.3 Å². The SMILES string of the molecule is Nc1ccc(F)cc1OCC(=O)NC1CCCCC1. The first-order chi connectivity index (χ1) is 9.15. The van der Waals surface area contributed by atoms with Crippen LogP contribution >= 0.6 is 0 Å². The maximum absolute atomic E-state index is 13.0. The monoisotopic (exact) mass is 266 g/mol. The molecule has 0 heterocycles. The predicted octanol–water partition coefficient (Wildman–Crippen LogP) is 2.24. The van der Waals surface area contributed by atoms with Crippen molar-refractivity contribution in [2.45, 2.75) is 38.1 Å². The lowest BCUT2D eigenvalue weighted by Crippen LogP contribution is -2.39. The van der Waals surface area contributed by atoms with Crippen LogP contribution in [0.5, 0.6) is 5.75 Å². The zero-order chi connectivity index (χ0) is 13.7. The maximum atomic E-state index is 13.0. The van der Waals surface area contributed by atoms with E-state index in [0.717, 1.165) is 25.7 Å². The molecule has 1 saturated carbocycles. The number of ether oxygens (including phenoxy) is 1. The molecule has 0 saturated heterocycles. The molecule has 2 rings (SSSR count). The summed E-state index contributed by atoms with van der Waals surface area (Å²) < 4.78 is 18.3. The number of hydrogen-bond acceptors (Lipinski definition) is 3. The van der Waals surface area contributed by atoms with Gasteiger partial charge in [-0.25, -0.2) is 4.39 Å². The van der Waals surface area contributed by atoms with Gasteiger partial charge in [0, 0.05) is 12.1 Å². The summed E-state index contributed by atoms with van der Waals surface area (Å²) in [5.74, 6) is -0.411. The first kappa shape index (κ1) is 13.6. The molecule has 5 heteroatoms. The first-order valence-electron chi connectivity index (χ1n) is 6.62. The molecule has 0 atom stereocenters. The van der Waals surface area contributed by atoms with Gasteiger partial charge in [-0.05, 0) is 25.0 Å². The molecule has 0 bridgehead atoms. The van der Waals surface area contributed by atoms with Crippen LogP contribution in [0.15, 0.2) is 18.2 Å². The highest BCUT2D eigenvalue weighted by molar-refractivity contribution is 5.78. The third-order valence-corrected chi connectivity index (χ3v) is 3.30. The minimum Gasteiger partial charge on any atom is -0.482 e. The van der Waals surface area contributed by atoms with Crippen LogP contribution in [0.2, 0.25) is 0 Å². The number of carbonyl (C=O) groups excluding carboxylic acids is 1. The number of hydrogen-bond donors (Lipinski definition) is 2. The molecule has 1 fully saturated rings. The summed E-state index contributed by atoms with van der Waals surface area (Å²) in [6, 6.07) is 4.10. The van der Waals surface area contributed by atoms with E-state index in [1.807, 2.05) is 0 Å². The molecule has 1 amide bonds. The molecule has 0 radical (unpaired) electrons. The fourth-order valence-corrected chi connectivity index (χ4v) is 2.29. The summed E-state index contributed by atoms with van der Waals surface area (Å²) in [6.07, 6.45) is 5.59. The normalized spacial score (nSPS) is 16.1. The Kier molecular flexibility index (Phi) is 4.60. The fourth-order valence-electron chi connectivity index (χ4n) is 2.29. The second kappa shape index (κ2) is 6.41. The van der Waals surface area contributed by atoms with Gasteiger partial charge in [0.2, 0.25) is 0 Å². The second-order valence-corrected chi connectivity index (χ2v) is 4.87. The van der Waals surface area contributed by atoms with Crippen LogP contribution < -0.4 is 15.8 Å². The van der Waals surface area contributed by atoms with Crippen LogP contribution in [0.25, 0.3) is 0 Å². The van der Waals surface area contributed by atoms with Crippen molar-refractivity contribution in [2.75, 3.05) is 12.3 Å². The topological polar surface area (TPSA) is 64.3 Å². The number of halogens is 1. The summed E-state index contributed by atoms with van der Waals surface area (Å²) in [4.78, 5) is 11.7. The van der Waals surface area contributed by atoms with E-state index in [2.05, 4.69) is 5.32 Å². The van der Waals surface area contributed by atoms with Gasteiger partial charge in [0.25, 0.3) is 5.91 Å². The number of rotatable bonds is 4. The lowest BCUT2D eigenvalue weighted by molar-refractivity contribution is -0.124. The van der Waals surface area contributed by atoms with Crippen molar-refractivity contribution in [3.63, 3.8) is 0 Å². The summed E-state index contributed by atoms with van der Waals surface area (Å²) in [5.41, 5.74) is 5.96. The Morgan fingerprint density at radius 2 is 2.11 bits per heavy atom. The number of benzene rings is 1. The van der Waals surface area contributed by atoms with E-state index in [1.54, 1.807) is 0 Å². The minimum absolute atomic E-state index is 0.135. The molecule has 3 N–H and O–H groups in total. The summed E-state index contributed by atoms with van der Waals surface area (Å²) in [7, 11) is 0. The van der Waals surface area contributed by atoms with Crippen molar-refractivity contribution in [3.05, 3.63) is 24.0 Å². The zero-order valence-electron chi connectivity index (χ0n) is 10.8. The van der Waals surface area contributed by atoms with E-state index in [1.165, 1.54) is 24.6 Å². The number of anilines is 1. The fraction of sp³-hybridized carbons (Fsp3) is 0.500. The third kappa shape index (κ3) is 4.12. The highest BCUT2D eigenvalue weighted by Gasteiger charge is 2.16. The van der Waals surface area contributed by atoms with Crippen LogP contribution in [0.3, 0.4) is 0 Å². The van der Waals surface area contributed by atoms with E-state index < -0.39 is 5.82 Å². The van der Waals surface area contributed by atoms with Crippen molar-refractivity contribution < 1.29 is 13.9 Å². The molecule has 0 aromatic heterocycles. The smallest absolute Gasteiger partial charge is 0.258 e. The van der Waals surface area contributed by atoms with Gasteiger partial charge < -0.3 is 15.8 Å². The van der Waals surface area contributed by atoms with Gasteiger partial charge in [0.05, 0.1) is 5.69 Å². The number of nitrogen functional groups attached to an aromatic ring is 1. The molecule has 104 valence electrons. The largest absolute Gasteiger partial charge is 0.482 e. The Hall–Kier alpha value is -1.78. The van der Waals surface area contributed by atoms with Crippen LogP contribution in [-0.4, -0.2) is 18.6 Å². The molecule has 0 spiro atoms. The molecular weight excluding hydrogens is 247 g/mol. The van der Waals surface area contributed by atoms with Crippen LogP contribution in [-0.2, 0) is 4.79 Å². The van der Waals surface area contributed by atoms with Gasteiger partial charge >= 0.3 is 0 Å². The molecule has 1 aromatic rings. The quantitative estimate of drug-likeness (QED) is 0.821.